The number of ether oxygens (including phenoxy) is 1. The van der Waals surface area contributed by atoms with Crippen molar-refractivity contribution >= 4 is 39.7 Å². The van der Waals surface area contributed by atoms with Crippen LogP contribution >= 0.6 is 22.7 Å². The van der Waals surface area contributed by atoms with Crippen LogP contribution in [0.25, 0.3) is 0 Å². The van der Waals surface area contributed by atoms with Crippen LogP contribution in [0.1, 0.15) is 20.1 Å². The van der Waals surface area contributed by atoms with Crippen LogP contribution in [0.15, 0.2) is 17.6 Å². The van der Waals surface area contributed by atoms with E-state index in [0.717, 1.165) is 4.88 Å². The lowest BCUT2D eigenvalue weighted by Crippen LogP contribution is -2.14. The zero-order chi connectivity index (χ0) is 13.8. The van der Waals surface area contributed by atoms with E-state index in [-0.39, 0.29) is 18.3 Å². The molecule has 2 heterocycles. The molecule has 0 aliphatic carbocycles. The summed E-state index contributed by atoms with van der Waals surface area (Å²) in [4.78, 5) is 29.1. The molecule has 0 radical (unpaired) electrons. The Morgan fingerprint density at radius 3 is 2.89 bits per heavy atom. The molecule has 0 saturated heterocycles. The van der Waals surface area contributed by atoms with E-state index in [4.69, 9.17) is 0 Å². The summed E-state index contributed by atoms with van der Waals surface area (Å²) in [6.45, 7) is 1.92. The van der Waals surface area contributed by atoms with Crippen LogP contribution in [0.2, 0.25) is 0 Å². The van der Waals surface area contributed by atoms with E-state index in [1.165, 1.54) is 29.8 Å². The molecule has 100 valence electrons. The molecule has 2 rings (SSSR count). The van der Waals surface area contributed by atoms with Crippen LogP contribution in [0.5, 0.6) is 0 Å². The molecule has 7 heteroatoms. The van der Waals surface area contributed by atoms with Gasteiger partial charge in [-0.15, -0.1) is 22.7 Å². The minimum Gasteiger partial charge on any atom is -0.469 e. The first-order valence-corrected chi connectivity index (χ1v) is 7.16. The lowest BCUT2D eigenvalue weighted by atomic mass is 10.2. The summed E-state index contributed by atoms with van der Waals surface area (Å²) in [5, 5.41) is 5.05. The first kappa shape index (κ1) is 13.7. The molecule has 0 saturated carbocycles. The van der Waals surface area contributed by atoms with Gasteiger partial charge in [0.1, 0.15) is 0 Å². The number of carbonyl (C=O) groups excluding carboxylic acids is 2. The number of esters is 1. The molecular weight excluding hydrogens is 284 g/mol. The molecule has 1 amide bonds. The molecule has 0 unspecified atom stereocenters. The average molecular weight is 296 g/mol. The second kappa shape index (κ2) is 5.94. The lowest BCUT2D eigenvalue weighted by Gasteiger charge is -2.03. The SMILES string of the molecule is COC(=O)Cc1sccc1C(=O)Nc1ncc(C)s1. The number of carbonyl (C=O) groups is 2. The Labute approximate surface area is 118 Å². The molecule has 2 aromatic heterocycles. The van der Waals surface area contributed by atoms with Crippen LogP contribution < -0.4 is 5.32 Å². The number of hydrogen-bond acceptors (Lipinski definition) is 6. The number of amides is 1. The van der Waals surface area contributed by atoms with E-state index in [9.17, 15) is 9.59 Å². The van der Waals surface area contributed by atoms with E-state index in [1.54, 1.807) is 17.6 Å². The summed E-state index contributed by atoms with van der Waals surface area (Å²) in [5.41, 5.74) is 0.489. The number of nitrogens with one attached hydrogen (secondary N) is 1. The summed E-state index contributed by atoms with van der Waals surface area (Å²) >= 11 is 2.76. The van der Waals surface area contributed by atoms with Crippen molar-refractivity contribution in [2.75, 3.05) is 12.4 Å². The van der Waals surface area contributed by atoms with Gasteiger partial charge in [-0.05, 0) is 18.4 Å². The topological polar surface area (TPSA) is 68.3 Å². The van der Waals surface area contributed by atoms with Crippen molar-refractivity contribution in [3.8, 4) is 0 Å². The molecule has 0 aliphatic rings. The van der Waals surface area contributed by atoms with Gasteiger partial charge in [0.05, 0.1) is 19.1 Å². The van der Waals surface area contributed by atoms with Gasteiger partial charge < -0.3 is 4.74 Å². The highest BCUT2D eigenvalue weighted by atomic mass is 32.1. The second-order valence-electron chi connectivity index (χ2n) is 3.74. The fraction of sp³-hybridized carbons (Fsp3) is 0.250. The van der Waals surface area contributed by atoms with Gasteiger partial charge in [-0.25, -0.2) is 4.98 Å². The molecule has 0 aliphatic heterocycles. The van der Waals surface area contributed by atoms with Crippen molar-refractivity contribution in [2.24, 2.45) is 0 Å². The Morgan fingerprint density at radius 2 is 2.26 bits per heavy atom. The van der Waals surface area contributed by atoms with E-state index < -0.39 is 0 Å². The zero-order valence-corrected chi connectivity index (χ0v) is 12.1. The van der Waals surface area contributed by atoms with Gasteiger partial charge >= 0.3 is 5.97 Å². The summed E-state index contributed by atoms with van der Waals surface area (Å²) < 4.78 is 4.61. The van der Waals surface area contributed by atoms with Crippen molar-refractivity contribution in [1.82, 2.24) is 4.98 Å². The fourth-order valence-electron chi connectivity index (χ4n) is 1.46. The third kappa shape index (κ3) is 3.39. The Balaban J connectivity index is 2.11. The average Bonchev–Trinajstić information content (AvgIpc) is 2.98. The first-order chi connectivity index (χ1) is 9.10. The monoisotopic (exact) mass is 296 g/mol. The minimum atomic E-state index is -0.360. The highest BCUT2D eigenvalue weighted by Gasteiger charge is 2.16. The Kier molecular flexibility index (Phi) is 4.28. The molecule has 0 atom stereocenters. The second-order valence-corrected chi connectivity index (χ2v) is 5.98. The number of aromatic nitrogens is 1. The number of hydrogen-bond donors (Lipinski definition) is 1. The van der Waals surface area contributed by atoms with E-state index in [0.29, 0.717) is 15.6 Å². The maximum atomic E-state index is 12.1. The predicted molar refractivity (Wildman–Crippen MR) is 74.8 cm³/mol. The fourth-order valence-corrected chi connectivity index (χ4v) is 2.98. The summed E-state index contributed by atoms with van der Waals surface area (Å²) in [7, 11) is 1.33. The van der Waals surface area contributed by atoms with Gasteiger partial charge in [-0.3, -0.25) is 14.9 Å². The number of aryl methyl sites for hydroxylation is 1. The van der Waals surface area contributed by atoms with Gasteiger partial charge in [0.25, 0.3) is 5.91 Å². The highest BCUT2D eigenvalue weighted by molar-refractivity contribution is 7.15. The molecule has 2 aromatic rings. The molecule has 1 N–H and O–H groups in total. The number of thiazole rings is 1. The number of rotatable bonds is 4. The Morgan fingerprint density at radius 1 is 1.47 bits per heavy atom. The molecule has 0 bridgehead atoms. The van der Waals surface area contributed by atoms with Gasteiger partial charge in [0.15, 0.2) is 5.13 Å². The molecule has 0 aromatic carbocycles. The van der Waals surface area contributed by atoms with Crippen molar-refractivity contribution in [3.05, 3.63) is 33.0 Å². The van der Waals surface area contributed by atoms with Gasteiger partial charge in [0.2, 0.25) is 0 Å². The molecule has 19 heavy (non-hydrogen) atoms. The molecule has 0 spiro atoms. The Hall–Kier alpha value is -1.73. The van der Waals surface area contributed by atoms with E-state index in [2.05, 4.69) is 15.0 Å². The molecule has 0 fully saturated rings. The molecule has 5 nitrogen and oxygen atoms in total. The van der Waals surface area contributed by atoms with Crippen molar-refractivity contribution in [2.45, 2.75) is 13.3 Å². The number of anilines is 1. The smallest absolute Gasteiger partial charge is 0.310 e. The summed E-state index contributed by atoms with van der Waals surface area (Å²) in [5.74, 6) is -0.615. The largest absolute Gasteiger partial charge is 0.469 e. The number of methoxy groups -OCH3 is 1. The predicted octanol–water partition coefficient (Wildman–Crippen LogP) is 2.48. The number of nitrogens with zero attached hydrogens (tertiary/aromatic N) is 1. The van der Waals surface area contributed by atoms with Gasteiger partial charge in [-0.1, -0.05) is 0 Å². The van der Waals surface area contributed by atoms with Crippen LogP contribution in [-0.2, 0) is 16.0 Å². The van der Waals surface area contributed by atoms with Gasteiger partial charge in [0, 0.05) is 16.0 Å². The van der Waals surface area contributed by atoms with Crippen molar-refractivity contribution < 1.29 is 14.3 Å². The third-order valence-corrected chi connectivity index (χ3v) is 4.11. The highest BCUT2D eigenvalue weighted by Crippen LogP contribution is 2.21. The summed E-state index contributed by atoms with van der Waals surface area (Å²) in [6.07, 6.45) is 1.80. The standard InChI is InChI=1S/C12H12N2O3S2/c1-7-6-13-12(19-7)14-11(16)8-3-4-18-9(8)5-10(15)17-2/h3-4,6H,5H2,1-2H3,(H,13,14,16). The number of thiophene rings is 1. The maximum Gasteiger partial charge on any atom is 0.310 e. The Bertz CT molecular complexity index is 604. The third-order valence-electron chi connectivity index (χ3n) is 2.36. The van der Waals surface area contributed by atoms with Crippen LogP contribution in [-0.4, -0.2) is 24.0 Å². The maximum absolute atomic E-state index is 12.1. The van der Waals surface area contributed by atoms with E-state index >= 15 is 0 Å². The molecular formula is C12H12N2O3S2. The zero-order valence-electron chi connectivity index (χ0n) is 10.4. The van der Waals surface area contributed by atoms with Crippen LogP contribution in [0, 0.1) is 6.92 Å². The quantitative estimate of drug-likeness (QED) is 0.880. The normalized spacial score (nSPS) is 10.2. The van der Waals surface area contributed by atoms with Crippen LogP contribution in [0.4, 0.5) is 5.13 Å². The van der Waals surface area contributed by atoms with Gasteiger partial charge in [-0.2, -0.15) is 0 Å². The minimum absolute atomic E-state index is 0.105. The lowest BCUT2D eigenvalue weighted by molar-refractivity contribution is -0.139. The summed E-state index contributed by atoms with van der Waals surface area (Å²) in [6, 6.07) is 1.69. The van der Waals surface area contributed by atoms with E-state index in [1.807, 2.05) is 6.92 Å². The van der Waals surface area contributed by atoms with Crippen molar-refractivity contribution in [3.63, 3.8) is 0 Å². The first-order valence-electron chi connectivity index (χ1n) is 5.47. The van der Waals surface area contributed by atoms with Crippen molar-refractivity contribution in [1.29, 1.82) is 0 Å². The van der Waals surface area contributed by atoms with Crippen LogP contribution in [0.3, 0.4) is 0 Å².